The molecule has 0 saturated heterocycles. The monoisotopic (exact) mass is 287 g/mol. The summed E-state index contributed by atoms with van der Waals surface area (Å²) in [5.74, 6) is 0. The summed E-state index contributed by atoms with van der Waals surface area (Å²) in [7, 11) is 0. The Balaban J connectivity index is 2.64. The first kappa shape index (κ1) is 12.7. The summed E-state index contributed by atoms with van der Waals surface area (Å²) in [5, 5.41) is 10.8. The van der Waals surface area contributed by atoms with Crippen LogP contribution >= 0.6 is 34.8 Å². The van der Waals surface area contributed by atoms with Crippen LogP contribution in [-0.4, -0.2) is 10.1 Å². The zero-order valence-electron chi connectivity index (χ0n) is 8.62. The first-order valence-corrected chi connectivity index (χ1v) is 5.95. The van der Waals surface area contributed by atoms with Crippen molar-refractivity contribution >= 4 is 34.8 Å². The van der Waals surface area contributed by atoms with E-state index in [4.69, 9.17) is 34.8 Å². The molecule has 17 heavy (non-hydrogen) atoms. The molecule has 2 aromatic rings. The maximum Gasteiger partial charge on any atom is 0.0703 e. The molecule has 0 bridgehead atoms. The van der Waals surface area contributed by atoms with Gasteiger partial charge in [-0.25, -0.2) is 0 Å². The molecule has 1 heterocycles. The molecule has 5 heteroatoms. The van der Waals surface area contributed by atoms with Crippen LogP contribution in [0, 0.1) is 0 Å². The minimum absolute atomic E-state index is 0.171. The Bertz CT molecular complexity index is 557. The molecule has 0 radical (unpaired) electrons. The van der Waals surface area contributed by atoms with Crippen molar-refractivity contribution in [3.63, 3.8) is 0 Å². The Morgan fingerprint density at radius 1 is 1.00 bits per heavy atom. The van der Waals surface area contributed by atoms with Crippen LogP contribution in [0.2, 0.25) is 15.1 Å². The number of aliphatic hydroxyl groups is 1. The van der Waals surface area contributed by atoms with E-state index in [1.165, 1.54) is 6.20 Å². The molecule has 0 aliphatic carbocycles. The van der Waals surface area contributed by atoms with Gasteiger partial charge in [0.15, 0.2) is 0 Å². The van der Waals surface area contributed by atoms with Gasteiger partial charge < -0.3 is 5.11 Å². The van der Waals surface area contributed by atoms with E-state index in [9.17, 15) is 5.11 Å². The van der Waals surface area contributed by atoms with Gasteiger partial charge >= 0.3 is 0 Å². The van der Waals surface area contributed by atoms with Crippen LogP contribution in [-0.2, 0) is 6.61 Å². The number of benzene rings is 1. The summed E-state index contributed by atoms with van der Waals surface area (Å²) < 4.78 is 0. The molecular formula is C12H8Cl3NO. The summed E-state index contributed by atoms with van der Waals surface area (Å²) in [6.45, 7) is -0.171. The summed E-state index contributed by atoms with van der Waals surface area (Å²) in [4.78, 5) is 4.00. The lowest BCUT2D eigenvalue weighted by atomic mass is 10.0. The van der Waals surface area contributed by atoms with Crippen molar-refractivity contribution in [1.82, 2.24) is 4.98 Å². The Kier molecular flexibility index (Phi) is 3.89. The lowest BCUT2D eigenvalue weighted by Crippen LogP contribution is -1.93. The van der Waals surface area contributed by atoms with E-state index in [1.54, 1.807) is 24.4 Å². The molecule has 0 aliphatic rings. The van der Waals surface area contributed by atoms with E-state index in [1.807, 2.05) is 0 Å². The Morgan fingerprint density at radius 3 is 2.41 bits per heavy atom. The molecule has 0 unspecified atom stereocenters. The van der Waals surface area contributed by atoms with Crippen LogP contribution in [0.1, 0.15) is 5.56 Å². The minimum Gasteiger partial charge on any atom is -0.392 e. The van der Waals surface area contributed by atoms with Gasteiger partial charge in [0, 0.05) is 39.1 Å². The molecule has 0 amide bonds. The zero-order chi connectivity index (χ0) is 12.4. The van der Waals surface area contributed by atoms with Crippen LogP contribution in [0.3, 0.4) is 0 Å². The van der Waals surface area contributed by atoms with Gasteiger partial charge in [-0.3, -0.25) is 4.98 Å². The van der Waals surface area contributed by atoms with Crippen LogP contribution in [0.5, 0.6) is 0 Å². The van der Waals surface area contributed by atoms with Crippen LogP contribution in [0.15, 0.2) is 30.6 Å². The minimum atomic E-state index is -0.171. The predicted molar refractivity (Wildman–Crippen MR) is 70.6 cm³/mol. The highest BCUT2D eigenvalue weighted by Gasteiger charge is 2.11. The van der Waals surface area contributed by atoms with Crippen molar-refractivity contribution in [2.75, 3.05) is 0 Å². The molecule has 0 spiro atoms. The van der Waals surface area contributed by atoms with Gasteiger partial charge in [-0.1, -0.05) is 40.9 Å². The highest BCUT2D eigenvalue weighted by atomic mass is 35.5. The topological polar surface area (TPSA) is 33.1 Å². The maximum atomic E-state index is 9.32. The number of hydrogen-bond acceptors (Lipinski definition) is 2. The third kappa shape index (κ3) is 2.55. The molecule has 88 valence electrons. The van der Waals surface area contributed by atoms with Gasteiger partial charge in [-0.2, -0.15) is 0 Å². The quantitative estimate of drug-likeness (QED) is 0.898. The smallest absolute Gasteiger partial charge is 0.0703 e. The number of nitrogens with zero attached hydrogens (tertiary/aromatic N) is 1. The average Bonchev–Trinajstić information content (AvgIpc) is 2.29. The fraction of sp³-hybridized carbons (Fsp3) is 0.0833. The van der Waals surface area contributed by atoms with Crippen molar-refractivity contribution in [3.05, 3.63) is 51.2 Å². The zero-order valence-corrected chi connectivity index (χ0v) is 10.9. The SMILES string of the molecule is OCc1c(Cl)cncc1-c1ccc(Cl)cc1Cl. The fourth-order valence-corrected chi connectivity index (χ4v) is 2.29. The second kappa shape index (κ2) is 5.23. The summed E-state index contributed by atoms with van der Waals surface area (Å²) in [5.41, 5.74) is 2.06. The normalized spacial score (nSPS) is 10.6. The van der Waals surface area contributed by atoms with Gasteiger partial charge in [-0.05, 0) is 12.1 Å². The van der Waals surface area contributed by atoms with Crippen LogP contribution in [0.25, 0.3) is 11.1 Å². The van der Waals surface area contributed by atoms with E-state index in [-0.39, 0.29) is 6.61 Å². The molecule has 1 N–H and O–H groups in total. The maximum absolute atomic E-state index is 9.32. The van der Waals surface area contributed by atoms with Crippen LogP contribution in [0.4, 0.5) is 0 Å². The van der Waals surface area contributed by atoms with Crippen molar-refractivity contribution in [2.45, 2.75) is 6.61 Å². The van der Waals surface area contributed by atoms with Crippen LogP contribution < -0.4 is 0 Å². The van der Waals surface area contributed by atoms with Crippen molar-refractivity contribution in [3.8, 4) is 11.1 Å². The molecule has 0 saturated carbocycles. The summed E-state index contributed by atoms with van der Waals surface area (Å²) >= 11 is 17.9. The number of aromatic nitrogens is 1. The number of rotatable bonds is 2. The lowest BCUT2D eigenvalue weighted by Gasteiger charge is -2.10. The molecule has 0 atom stereocenters. The van der Waals surface area contributed by atoms with Gasteiger partial charge in [0.1, 0.15) is 0 Å². The average molecular weight is 289 g/mol. The first-order chi connectivity index (χ1) is 8.13. The highest BCUT2D eigenvalue weighted by Crippen LogP contribution is 2.34. The number of pyridine rings is 1. The van der Waals surface area contributed by atoms with Gasteiger partial charge in [0.2, 0.25) is 0 Å². The highest BCUT2D eigenvalue weighted by molar-refractivity contribution is 6.36. The van der Waals surface area contributed by atoms with Crippen molar-refractivity contribution in [2.24, 2.45) is 0 Å². The molecule has 0 fully saturated rings. The van der Waals surface area contributed by atoms with E-state index in [2.05, 4.69) is 4.98 Å². The second-order valence-electron chi connectivity index (χ2n) is 3.43. The van der Waals surface area contributed by atoms with Crippen molar-refractivity contribution < 1.29 is 5.11 Å². The van der Waals surface area contributed by atoms with E-state index in [0.717, 1.165) is 5.56 Å². The third-order valence-corrected chi connectivity index (χ3v) is 3.26. The van der Waals surface area contributed by atoms with E-state index in [0.29, 0.717) is 26.2 Å². The Morgan fingerprint density at radius 2 is 1.76 bits per heavy atom. The number of halogens is 3. The van der Waals surface area contributed by atoms with Gasteiger partial charge in [0.05, 0.1) is 11.6 Å². The van der Waals surface area contributed by atoms with Crippen molar-refractivity contribution in [1.29, 1.82) is 0 Å². The standard InChI is InChI=1S/C12H8Cl3NO/c13-7-1-2-8(11(14)3-7)9-4-16-5-12(15)10(9)6-17/h1-5,17H,6H2. The molecule has 1 aromatic carbocycles. The molecule has 2 rings (SSSR count). The van der Waals surface area contributed by atoms with Gasteiger partial charge in [-0.15, -0.1) is 0 Å². The fourth-order valence-electron chi connectivity index (χ4n) is 1.56. The summed E-state index contributed by atoms with van der Waals surface area (Å²) in [6, 6.07) is 5.14. The molecule has 2 nitrogen and oxygen atoms in total. The predicted octanol–water partition coefficient (Wildman–Crippen LogP) is 4.20. The largest absolute Gasteiger partial charge is 0.392 e. The second-order valence-corrected chi connectivity index (χ2v) is 4.68. The van der Waals surface area contributed by atoms with E-state index >= 15 is 0 Å². The third-order valence-electron chi connectivity index (χ3n) is 2.38. The number of hydrogen-bond donors (Lipinski definition) is 1. The molecule has 1 aromatic heterocycles. The summed E-state index contributed by atoms with van der Waals surface area (Å²) in [6.07, 6.45) is 3.10. The first-order valence-electron chi connectivity index (χ1n) is 4.82. The molecule has 0 aliphatic heterocycles. The Labute approximate surface area is 114 Å². The van der Waals surface area contributed by atoms with Gasteiger partial charge in [0.25, 0.3) is 0 Å². The number of aliphatic hydroxyl groups excluding tert-OH is 1. The van der Waals surface area contributed by atoms with E-state index < -0.39 is 0 Å². The molecular weight excluding hydrogens is 280 g/mol. The Hall–Kier alpha value is -0.800. The lowest BCUT2D eigenvalue weighted by molar-refractivity contribution is 0.282.